The number of aliphatic hydroxyl groups excluding tert-OH is 1. The van der Waals surface area contributed by atoms with Crippen LogP contribution >= 0.6 is 11.6 Å². The van der Waals surface area contributed by atoms with Crippen molar-refractivity contribution in [2.45, 2.75) is 19.8 Å². The number of aliphatic hydroxyl groups is 1. The Morgan fingerprint density at radius 1 is 1.50 bits per heavy atom. The van der Waals surface area contributed by atoms with Crippen LogP contribution in [0.1, 0.15) is 30.1 Å². The number of nitrogens with one attached hydrogen (secondary N) is 1. The molecule has 1 atom stereocenters. The summed E-state index contributed by atoms with van der Waals surface area (Å²) in [5.41, 5.74) is 0.260. The van der Waals surface area contributed by atoms with E-state index in [9.17, 15) is 9.90 Å². The van der Waals surface area contributed by atoms with E-state index in [-0.39, 0.29) is 29.7 Å². The number of carbonyl (C=O) groups excluding carboxylic acids is 1. The fraction of sp³-hybridized carbons (Fsp3) is 0.462. The molecule has 0 spiro atoms. The normalized spacial score (nSPS) is 12.2. The number of rotatable bonds is 6. The summed E-state index contributed by atoms with van der Waals surface area (Å²) in [6, 6.07) is 4.25. The van der Waals surface area contributed by atoms with E-state index >= 15 is 0 Å². The molecule has 0 bridgehead atoms. The van der Waals surface area contributed by atoms with E-state index in [2.05, 4.69) is 5.32 Å². The van der Waals surface area contributed by atoms with E-state index < -0.39 is 0 Å². The van der Waals surface area contributed by atoms with Gasteiger partial charge in [0.1, 0.15) is 5.75 Å². The fourth-order valence-corrected chi connectivity index (χ4v) is 1.86. The average molecular weight is 272 g/mol. The van der Waals surface area contributed by atoms with Crippen molar-refractivity contribution in [3.8, 4) is 5.75 Å². The van der Waals surface area contributed by atoms with E-state index in [0.717, 1.165) is 6.42 Å². The molecule has 1 amide bonds. The molecule has 0 aliphatic rings. The predicted octanol–water partition coefficient (Wildman–Crippen LogP) is 2.18. The van der Waals surface area contributed by atoms with E-state index in [1.165, 1.54) is 18.2 Å². The van der Waals surface area contributed by atoms with Gasteiger partial charge in [0, 0.05) is 13.2 Å². The molecule has 1 unspecified atom stereocenters. The first-order chi connectivity index (χ1) is 8.58. The zero-order valence-electron chi connectivity index (χ0n) is 10.3. The van der Waals surface area contributed by atoms with E-state index in [4.69, 9.17) is 16.7 Å². The number of hydrogen-bond donors (Lipinski definition) is 3. The molecule has 0 radical (unpaired) electrons. The Morgan fingerprint density at radius 2 is 2.22 bits per heavy atom. The monoisotopic (exact) mass is 271 g/mol. The van der Waals surface area contributed by atoms with Gasteiger partial charge in [0.15, 0.2) is 0 Å². The Kier molecular flexibility index (Phi) is 5.95. The lowest BCUT2D eigenvalue weighted by Crippen LogP contribution is -2.29. The van der Waals surface area contributed by atoms with Gasteiger partial charge < -0.3 is 15.5 Å². The van der Waals surface area contributed by atoms with Crippen molar-refractivity contribution in [3.63, 3.8) is 0 Å². The van der Waals surface area contributed by atoms with E-state index in [1.54, 1.807) is 0 Å². The van der Waals surface area contributed by atoms with Gasteiger partial charge in [-0.25, -0.2) is 0 Å². The summed E-state index contributed by atoms with van der Waals surface area (Å²) < 4.78 is 0. The van der Waals surface area contributed by atoms with Crippen LogP contribution in [0.3, 0.4) is 0 Å². The lowest BCUT2D eigenvalue weighted by Gasteiger charge is -2.14. The van der Waals surface area contributed by atoms with Crippen LogP contribution in [-0.4, -0.2) is 29.3 Å². The van der Waals surface area contributed by atoms with Crippen LogP contribution in [0.25, 0.3) is 0 Å². The van der Waals surface area contributed by atoms with Crippen LogP contribution in [0.4, 0.5) is 0 Å². The van der Waals surface area contributed by atoms with Crippen molar-refractivity contribution in [1.29, 1.82) is 0 Å². The minimum atomic E-state index is -0.313. The van der Waals surface area contributed by atoms with Gasteiger partial charge in [-0.1, -0.05) is 24.9 Å². The lowest BCUT2D eigenvalue weighted by molar-refractivity contribution is 0.0943. The molecule has 0 saturated carbocycles. The van der Waals surface area contributed by atoms with Gasteiger partial charge >= 0.3 is 0 Å². The molecule has 1 aromatic carbocycles. The summed E-state index contributed by atoms with van der Waals surface area (Å²) in [7, 11) is 0. The summed E-state index contributed by atoms with van der Waals surface area (Å²) in [5, 5.41) is 21.2. The Morgan fingerprint density at radius 3 is 2.83 bits per heavy atom. The number of halogens is 1. The highest BCUT2D eigenvalue weighted by Gasteiger charge is 2.13. The Labute approximate surface area is 112 Å². The van der Waals surface area contributed by atoms with Crippen molar-refractivity contribution in [1.82, 2.24) is 5.32 Å². The quantitative estimate of drug-likeness (QED) is 0.743. The minimum absolute atomic E-state index is 0.00643. The van der Waals surface area contributed by atoms with Gasteiger partial charge in [0.25, 0.3) is 5.91 Å². The second-order valence-corrected chi connectivity index (χ2v) is 4.57. The number of hydrogen-bond acceptors (Lipinski definition) is 3. The number of amides is 1. The maximum Gasteiger partial charge on any atom is 0.252 e. The third kappa shape index (κ3) is 4.20. The molecule has 1 aromatic rings. The second-order valence-electron chi connectivity index (χ2n) is 4.16. The second kappa shape index (κ2) is 7.24. The lowest BCUT2D eigenvalue weighted by atomic mass is 10.0. The maximum absolute atomic E-state index is 11.9. The first kappa shape index (κ1) is 14.8. The number of phenols is 1. The molecule has 5 heteroatoms. The number of phenolic OH excluding ortho intramolecular Hbond substituents is 1. The van der Waals surface area contributed by atoms with Gasteiger partial charge in [-0.2, -0.15) is 0 Å². The van der Waals surface area contributed by atoms with Gasteiger partial charge in [-0.3, -0.25) is 4.79 Å². The van der Waals surface area contributed by atoms with Crippen LogP contribution in [0.5, 0.6) is 5.75 Å². The molecule has 1 rings (SSSR count). The fourth-order valence-electron chi connectivity index (χ4n) is 1.65. The Bertz CT molecular complexity index is 409. The molecule has 3 N–H and O–H groups in total. The molecule has 0 heterocycles. The molecule has 0 fully saturated rings. The predicted molar refractivity (Wildman–Crippen MR) is 70.9 cm³/mol. The Hall–Kier alpha value is -1.26. The van der Waals surface area contributed by atoms with Crippen molar-refractivity contribution in [3.05, 3.63) is 28.8 Å². The van der Waals surface area contributed by atoms with Crippen molar-refractivity contribution in [2.24, 2.45) is 5.92 Å². The average Bonchev–Trinajstić information content (AvgIpc) is 2.37. The van der Waals surface area contributed by atoms with Gasteiger partial charge in [-0.15, -0.1) is 0 Å². The molecule has 0 saturated heterocycles. The molecule has 100 valence electrons. The smallest absolute Gasteiger partial charge is 0.252 e. The highest BCUT2D eigenvalue weighted by atomic mass is 35.5. The van der Waals surface area contributed by atoms with Crippen LogP contribution in [0, 0.1) is 5.92 Å². The highest BCUT2D eigenvalue weighted by molar-refractivity contribution is 6.33. The third-order valence-corrected chi connectivity index (χ3v) is 3.19. The standard InChI is InChI=1S/C13H18ClNO3/c1-2-9(5-6-16)8-15-13(18)11-7-10(17)3-4-12(11)14/h3-4,7,9,16-17H,2,5-6,8H2,1H3,(H,15,18). The zero-order chi connectivity index (χ0) is 13.5. The van der Waals surface area contributed by atoms with Crippen molar-refractivity contribution < 1.29 is 15.0 Å². The van der Waals surface area contributed by atoms with Crippen LogP contribution < -0.4 is 5.32 Å². The Balaban J connectivity index is 2.62. The summed E-state index contributed by atoms with van der Waals surface area (Å²) in [6.45, 7) is 2.61. The van der Waals surface area contributed by atoms with E-state index in [1.807, 2.05) is 6.92 Å². The van der Waals surface area contributed by atoms with E-state index in [0.29, 0.717) is 18.0 Å². The largest absolute Gasteiger partial charge is 0.508 e. The topological polar surface area (TPSA) is 69.6 Å². The van der Waals surface area contributed by atoms with Crippen LogP contribution in [0.2, 0.25) is 5.02 Å². The van der Waals surface area contributed by atoms with Gasteiger partial charge in [-0.05, 0) is 30.5 Å². The minimum Gasteiger partial charge on any atom is -0.508 e. The summed E-state index contributed by atoms with van der Waals surface area (Å²) >= 11 is 5.89. The number of carbonyl (C=O) groups is 1. The molecular weight excluding hydrogens is 254 g/mol. The molecule has 0 aromatic heterocycles. The molecule has 0 aliphatic heterocycles. The number of benzene rings is 1. The van der Waals surface area contributed by atoms with Crippen molar-refractivity contribution in [2.75, 3.05) is 13.2 Å². The molecular formula is C13H18ClNO3. The van der Waals surface area contributed by atoms with Gasteiger partial charge in [0.05, 0.1) is 10.6 Å². The first-order valence-corrected chi connectivity index (χ1v) is 6.33. The third-order valence-electron chi connectivity index (χ3n) is 2.86. The van der Waals surface area contributed by atoms with Gasteiger partial charge in [0.2, 0.25) is 0 Å². The van der Waals surface area contributed by atoms with Crippen molar-refractivity contribution >= 4 is 17.5 Å². The molecule has 4 nitrogen and oxygen atoms in total. The number of aromatic hydroxyl groups is 1. The molecule has 0 aliphatic carbocycles. The van der Waals surface area contributed by atoms with Crippen LogP contribution in [-0.2, 0) is 0 Å². The summed E-state index contributed by atoms with van der Waals surface area (Å²) in [4.78, 5) is 11.9. The first-order valence-electron chi connectivity index (χ1n) is 5.96. The summed E-state index contributed by atoms with van der Waals surface area (Å²) in [6.07, 6.45) is 1.54. The van der Waals surface area contributed by atoms with Crippen LogP contribution in [0.15, 0.2) is 18.2 Å². The zero-order valence-corrected chi connectivity index (χ0v) is 11.1. The highest BCUT2D eigenvalue weighted by Crippen LogP contribution is 2.21. The summed E-state index contributed by atoms with van der Waals surface area (Å²) in [5.74, 6) is -0.0609. The molecule has 18 heavy (non-hydrogen) atoms. The maximum atomic E-state index is 11.9. The SMILES string of the molecule is CCC(CCO)CNC(=O)c1cc(O)ccc1Cl.